The summed E-state index contributed by atoms with van der Waals surface area (Å²) in [5, 5.41) is 10.9. The molecule has 87 heavy (non-hydrogen) atoms. The van der Waals surface area contributed by atoms with E-state index in [0.29, 0.717) is 46.3 Å². The lowest BCUT2D eigenvalue weighted by molar-refractivity contribution is 0.0850. The number of fused-ring (bicyclic) bond motifs is 4. The molecule has 1 N–H and O–H groups in total. The molecule has 0 unspecified atom stereocenters. The van der Waals surface area contributed by atoms with Gasteiger partial charge in [-0.25, -0.2) is 41.9 Å². The molecule has 0 saturated carbocycles. The number of amides is 1. The normalized spacial score (nSPS) is 16.1. The zero-order valence-corrected chi connectivity index (χ0v) is 48.8. The van der Waals surface area contributed by atoms with E-state index >= 15 is 13.2 Å². The average Bonchev–Trinajstić information content (AvgIpc) is 1.87. The molecule has 19 nitrogen and oxygen atoms in total. The number of phenolic OH excluding ortho intramolecular Hbond substituents is 1. The Hall–Kier alpha value is -9.67. The van der Waals surface area contributed by atoms with Crippen LogP contribution >= 0.6 is 0 Å². The molecule has 3 aromatic carbocycles. The number of aryl methyl sites for hydroxylation is 2. The molecule has 9 aromatic rings. The van der Waals surface area contributed by atoms with E-state index in [9.17, 15) is 23.9 Å². The highest BCUT2D eigenvalue weighted by Crippen LogP contribution is 2.46. The molecule has 0 radical (unpaired) electrons. The number of carbonyl (C=O) groups excluding carboxylic acids is 1. The third kappa shape index (κ3) is 10.2. The van der Waals surface area contributed by atoms with Crippen LogP contribution in [-0.2, 0) is 11.3 Å². The Kier molecular flexibility index (Phi) is 15.5. The SMILES string of the molecule is COc1cccc(F)c1-c1nc2c3c(nc(=O)n(-c4c(C)ccnc4C(C)C)c3c1F)N1CCN(C(=O)OCc3ccccc3)C[C@H]1CO2.Cc1ccnc(C(C)C)c1-n1c(=O)nc2c3c(nc(-c4c(O)cccc4F)c(F)c31)OC[C@@H]1CCCCN21. The summed E-state index contributed by atoms with van der Waals surface area (Å²) in [6.45, 7) is 13.0. The van der Waals surface area contributed by atoms with Crippen LogP contribution < -0.4 is 35.4 Å². The van der Waals surface area contributed by atoms with Gasteiger partial charge in [-0.1, -0.05) is 70.2 Å². The number of halogens is 4. The van der Waals surface area contributed by atoms with Gasteiger partial charge in [-0.2, -0.15) is 9.97 Å². The number of nitrogens with zero attached hydrogens (tertiary/aromatic N) is 11. The maximum absolute atomic E-state index is 17.3. The van der Waals surface area contributed by atoms with Gasteiger partial charge in [0.15, 0.2) is 11.6 Å². The predicted molar refractivity (Wildman–Crippen MR) is 318 cm³/mol. The van der Waals surface area contributed by atoms with Gasteiger partial charge in [-0.15, -0.1) is 0 Å². The summed E-state index contributed by atoms with van der Waals surface area (Å²) in [4.78, 5) is 73.5. The van der Waals surface area contributed by atoms with Crippen molar-refractivity contribution in [1.82, 2.24) is 43.9 Å². The molecule has 0 spiro atoms. The van der Waals surface area contributed by atoms with Gasteiger partial charge in [0.1, 0.15) is 87.8 Å². The first-order chi connectivity index (χ1) is 41.9. The van der Waals surface area contributed by atoms with Crippen molar-refractivity contribution in [3.8, 4) is 57.1 Å². The van der Waals surface area contributed by atoms with Gasteiger partial charge in [0.2, 0.25) is 11.8 Å². The quantitative estimate of drug-likeness (QED) is 0.133. The van der Waals surface area contributed by atoms with Crippen LogP contribution in [0, 0.1) is 37.1 Å². The van der Waals surface area contributed by atoms with Crippen LogP contribution in [0.5, 0.6) is 23.3 Å². The standard InChI is InChI=1S/C36H34F2N6O5.C28H27F2N5O3/c1-20(2)29-31(21(3)13-14-39-29)44-32-27-33(41-35(44)45)43-16-15-42(36(46)49-18-22-9-6-5-7-10-22)17-23(43)19-48-34(27)40-30(28(32)38)26-24(37)11-8-12-25(26)47-4;1-14(2)22-24(15(3)10-11-31-22)35-25-20-26(33-28(35)37)34-12-5-4-7-16(34)13-38-27(20)32-23(21(25)30)19-17(29)8-6-9-18(19)36/h5-14,20,23H,15-19H2,1-4H3;6,8-11,14,16,36H,4-5,7,12-13H2,1-3H3/t23-;16-/m00/s1. The number of phenols is 1. The fourth-order valence-electron chi connectivity index (χ4n) is 12.1. The fourth-order valence-corrected chi connectivity index (χ4v) is 12.1. The van der Waals surface area contributed by atoms with Gasteiger partial charge in [-0.05, 0) is 98.0 Å². The van der Waals surface area contributed by atoms with Crippen molar-refractivity contribution in [2.75, 3.05) is 56.3 Å². The summed E-state index contributed by atoms with van der Waals surface area (Å²) in [7, 11) is 1.35. The lowest BCUT2D eigenvalue weighted by atomic mass is 10.0. The topological polar surface area (TPSA) is 205 Å². The number of pyridine rings is 4. The van der Waals surface area contributed by atoms with Crippen LogP contribution in [0.2, 0.25) is 0 Å². The number of rotatable bonds is 9. The minimum atomic E-state index is -0.957. The molecule has 2 saturated heterocycles. The van der Waals surface area contributed by atoms with Crippen LogP contribution in [0.4, 0.5) is 34.0 Å². The third-order valence-corrected chi connectivity index (χ3v) is 16.3. The highest BCUT2D eigenvalue weighted by atomic mass is 19.1. The van der Waals surface area contributed by atoms with E-state index in [0.717, 1.165) is 30.9 Å². The molecule has 23 heteroatoms. The van der Waals surface area contributed by atoms with E-state index in [-0.39, 0.29) is 114 Å². The number of piperazine rings is 1. The minimum Gasteiger partial charge on any atom is -0.507 e. The third-order valence-electron chi connectivity index (χ3n) is 16.3. The summed E-state index contributed by atoms with van der Waals surface area (Å²) in [6, 6.07) is 20.1. The molecule has 1 amide bonds. The Morgan fingerprint density at radius 2 is 1.20 bits per heavy atom. The number of methoxy groups -OCH3 is 1. The predicted octanol–water partition coefficient (Wildman–Crippen LogP) is 10.8. The second-order valence-corrected chi connectivity index (χ2v) is 22.5. The van der Waals surface area contributed by atoms with Crippen molar-refractivity contribution in [3.05, 3.63) is 164 Å². The van der Waals surface area contributed by atoms with E-state index in [1.165, 1.54) is 46.6 Å². The zero-order valence-electron chi connectivity index (χ0n) is 48.8. The van der Waals surface area contributed by atoms with E-state index in [2.05, 4.69) is 29.9 Å². The number of aromatic nitrogens is 8. The lowest BCUT2D eigenvalue weighted by Crippen LogP contribution is -2.57. The Bertz CT molecular complexity index is 4320. The Morgan fingerprint density at radius 3 is 1.76 bits per heavy atom. The Balaban J connectivity index is 0.000000175. The summed E-state index contributed by atoms with van der Waals surface area (Å²) in [6.07, 6.45) is 5.49. The maximum atomic E-state index is 17.3. The number of hydrogen-bond donors (Lipinski definition) is 1. The van der Waals surface area contributed by atoms with Gasteiger partial charge in [0.05, 0.1) is 53.1 Å². The molecule has 448 valence electrons. The first kappa shape index (κ1) is 57.7. The van der Waals surface area contributed by atoms with Crippen molar-refractivity contribution < 1.29 is 46.4 Å². The highest BCUT2D eigenvalue weighted by Gasteiger charge is 2.40. The molecule has 4 aliphatic rings. The number of ether oxygens (including phenoxy) is 4. The number of anilines is 2. The molecular formula is C64H61F4N11O8. The van der Waals surface area contributed by atoms with Crippen molar-refractivity contribution in [2.45, 2.75) is 91.3 Å². The molecule has 6 aromatic heterocycles. The first-order valence-electron chi connectivity index (χ1n) is 28.7. The summed E-state index contributed by atoms with van der Waals surface area (Å²) < 4.78 is 90.3. The van der Waals surface area contributed by atoms with Gasteiger partial charge in [0, 0.05) is 38.6 Å². The van der Waals surface area contributed by atoms with Crippen LogP contribution in [-0.4, -0.2) is 114 Å². The smallest absolute Gasteiger partial charge is 0.410 e. The highest BCUT2D eigenvalue weighted by molar-refractivity contribution is 6.00. The van der Waals surface area contributed by atoms with Gasteiger partial charge >= 0.3 is 17.5 Å². The Labute approximate surface area is 496 Å². The van der Waals surface area contributed by atoms with Crippen LogP contribution in [0.3, 0.4) is 0 Å². The second kappa shape index (κ2) is 23.3. The molecule has 4 aliphatic heterocycles. The zero-order chi connectivity index (χ0) is 61.1. The molecule has 0 aliphatic carbocycles. The molecule has 0 bridgehead atoms. The summed E-state index contributed by atoms with van der Waals surface area (Å²) in [5.41, 5.74) is 0.928. The van der Waals surface area contributed by atoms with E-state index in [1.54, 1.807) is 36.4 Å². The number of aromatic hydroxyl groups is 1. The summed E-state index contributed by atoms with van der Waals surface area (Å²) in [5.74, 6) is -3.70. The fraction of sp³-hybridized carbons (Fsp3) is 0.328. The molecule has 2 atom stereocenters. The van der Waals surface area contributed by atoms with E-state index < -0.39 is 63.8 Å². The molecular weight excluding hydrogens is 1130 g/mol. The maximum Gasteiger partial charge on any atom is 0.410 e. The van der Waals surface area contributed by atoms with Gasteiger partial charge < -0.3 is 38.8 Å². The second-order valence-electron chi connectivity index (χ2n) is 22.5. The largest absolute Gasteiger partial charge is 0.507 e. The van der Waals surface area contributed by atoms with Crippen molar-refractivity contribution in [3.63, 3.8) is 0 Å². The van der Waals surface area contributed by atoms with Crippen molar-refractivity contribution in [1.29, 1.82) is 0 Å². The Morgan fingerprint density at radius 1 is 0.655 bits per heavy atom. The van der Waals surface area contributed by atoms with E-state index in [1.807, 2.05) is 74.8 Å². The monoisotopic (exact) mass is 1190 g/mol. The van der Waals surface area contributed by atoms with Crippen LogP contribution in [0.1, 0.15) is 86.9 Å². The molecule has 10 heterocycles. The summed E-state index contributed by atoms with van der Waals surface area (Å²) >= 11 is 0. The number of carbonyl (C=O) groups is 1. The van der Waals surface area contributed by atoms with Crippen LogP contribution in [0.15, 0.2) is 101 Å². The van der Waals surface area contributed by atoms with E-state index in [4.69, 9.17) is 18.9 Å². The van der Waals surface area contributed by atoms with Gasteiger partial charge in [0.25, 0.3) is 0 Å². The van der Waals surface area contributed by atoms with Crippen molar-refractivity contribution >= 4 is 39.5 Å². The number of benzene rings is 3. The number of piperidine rings is 1. The lowest BCUT2D eigenvalue weighted by Gasteiger charge is -2.40. The van der Waals surface area contributed by atoms with Gasteiger partial charge in [-0.3, -0.25) is 19.1 Å². The first-order valence-corrected chi connectivity index (χ1v) is 28.7. The number of hydrogen-bond acceptors (Lipinski definition) is 16. The molecule has 2 fully saturated rings. The van der Waals surface area contributed by atoms with Crippen LogP contribution in [0.25, 0.3) is 55.7 Å². The molecule has 13 rings (SSSR count). The minimum absolute atomic E-state index is 0.0117. The average molecular weight is 1190 g/mol. The van der Waals surface area contributed by atoms with Crippen molar-refractivity contribution in [2.24, 2.45) is 0 Å².